The van der Waals surface area contributed by atoms with E-state index in [4.69, 9.17) is 0 Å². The van der Waals surface area contributed by atoms with Crippen LogP contribution in [0, 0.1) is 6.92 Å². The summed E-state index contributed by atoms with van der Waals surface area (Å²) in [5.41, 5.74) is 6.05. The van der Waals surface area contributed by atoms with E-state index in [1.54, 1.807) is 11.0 Å². The van der Waals surface area contributed by atoms with Gasteiger partial charge in [-0.25, -0.2) is 0 Å². The molecule has 1 atom stereocenters. The smallest absolute Gasteiger partial charge is 0.113 e. The number of aromatic nitrogens is 6. The van der Waals surface area contributed by atoms with E-state index in [1.165, 1.54) is 5.56 Å². The fourth-order valence-corrected chi connectivity index (χ4v) is 2.62. The highest BCUT2D eigenvalue weighted by Gasteiger charge is 2.11. The van der Waals surface area contributed by atoms with Crippen molar-refractivity contribution in [3.05, 3.63) is 47.8 Å². The Morgan fingerprint density at radius 2 is 1.95 bits per heavy atom. The molecule has 1 unspecified atom stereocenters. The Morgan fingerprint density at radius 1 is 1.09 bits per heavy atom. The maximum absolute atomic E-state index is 4.56. The number of rotatable bonds is 3. The lowest BCUT2D eigenvalue weighted by molar-refractivity contribution is 0.490. The molecule has 0 bridgehead atoms. The molecule has 1 N–H and O–H groups in total. The van der Waals surface area contributed by atoms with Crippen LogP contribution in [-0.2, 0) is 6.54 Å². The van der Waals surface area contributed by atoms with Crippen molar-refractivity contribution in [3.8, 4) is 0 Å². The molecule has 110 valence electrons. The van der Waals surface area contributed by atoms with Gasteiger partial charge < -0.3 is 0 Å². The van der Waals surface area contributed by atoms with Gasteiger partial charge in [-0.3, -0.25) is 10.1 Å². The zero-order valence-corrected chi connectivity index (χ0v) is 12.5. The summed E-state index contributed by atoms with van der Waals surface area (Å²) in [4.78, 5) is 6.18. The topological polar surface area (TPSA) is 72.3 Å². The average molecular weight is 292 g/mol. The second kappa shape index (κ2) is 4.91. The second-order valence-electron chi connectivity index (χ2n) is 5.72. The molecule has 0 spiro atoms. The molecule has 0 amide bonds. The summed E-state index contributed by atoms with van der Waals surface area (Å²) in [7, 11) is 0. The van der Waals surface area contributed by atoms with Gasteiger partial charge in [-0.2, -0.15) is 20.1 Å². The van der Waals surface area contributed by atoms with Gasteiger partial charge >= 0.3 is 0 Å². The van der Waals surface area contributed by atoms with Crippen LogP contribution < -0.4 is 0 Å². The summed E-state index contributed by atoms with van der Waals surface area (Å²) in [5.74, 6) is 0.267. The minimum absolute atomic E-state index is 0.267. The third kappa shape index (κ3) is 2.22. The van der Waals surface area contributed by atoms with Crippen LogP contribution in [0.5, 0.6) is 0 Å². The molecule has 0 aliphatic rings. The van der Waals surface area contributed by atoms with Crippen LogP contribution in [0.1, 0.15) is 24.0 Å². The van der Waals surface area contributed by atoms with E-state index in [9.17, 15) is 0 Å². The van der Waals surface area contributed by atoms with Gasteiger partial charge in [-0.15, -0.1) is 0 Å². The van der Waals surface area contributed by atoms with E-state index in [0.29, 0.717) is 0 Å². The lowest BCUT2D eigenvalue weighted by Gasteiger charge is -2.10. The third-order valence-electron chi connectivity index (χ3n) is 3.89. The van der Waals surface area contributed by atoms with Crippen LogP contribution >= 0.6 is 0 Å². The number of hydrogen-bond acceptors (Lipinski definition) is 4. The molecule has 0 saturated heterocycles. The number of pyridine rings is 1. The van der Waals surface area contributed by atoms with Gasteiger partial charge in [0.15, 0.2) is 0 Å². The fourth-order valence-electron chi connectivity index (χ4n) is 2.62. The highest BCUT2D eigenvalue weighted by atomic mass is 15.5. The Kier molecular flexibility index (Phi) is 2.89. The first-order valence-electron chi connectivity index (χ1n) is 7.29. The summed E-state index contributed by atoms with van der Waals surface area (Å²) < 4.78 is 0. The van der Waals surface area contributed by atoms with E-state index in [2.05, 4.69) is 57.4 Å². The summed E-state index contributed by atoms with van der Waals surface area (Å²) in [6, 6.07) is 8.22. The van der Waals surface area contributed by atoms with Crippen LogP contribution in [0.3, 0.4) is 0 Å². The molecule has 6 heteroatoms. The average Bonchev–Trinajstić information content (AvgIpc) is 3.11. The number of fused-ring (bicyclic) bond motifs is 2. The Bertz CT molecular complexity index is 952. The minimum Gasteiger partial charge on any atom is -0.276 e. The second-order valence-corrected chi connectivity index (χ2v) is 5.72. The molecule has 0 radical (unpaired) electrons. The number of H-pyrrole nitrogens is 1. The monoisotopic (exact) mass is 292 g/mol. The summed E-state index contributed by atoms with van der Waals surface area (Å²) in [5, 5.41) is 16.1. The largest absolute Gasteiger partial charge is 0.276 e. The van der Waals surface area contributed by atoms with Crippen molar-refractivity contribution < 1.29 is 0 Å². The van der Waals surface area contributed by atoms with Gasteiger partial charge in [0.25, 0.3) is 0 Å². The molecular weight excluding hydrogens is 276 g/mol. The zero-order valence-electron chi connectivity index (χ0n) is 12.5. The van der Waals surface area contributed by atoms with Crippen molar-refractivity contribution >= 4 is 22.1 Å². The maximum atomic E-state index is 4.56. The Labute approximate surface area is 127 Å². The molecule has 1 aromatic carbocycles. The molecule has 6 nitrogen and oxygen atoms in total. The van der Waals surface area contributed by atoms with Crippen LogP contribution in [0.2, 0.25) is 0 Å². The number of hydrogen-bond donors (Lipinski definition) is 1. The molecular formula is C16H16N6. The molecule has 22 heavy (non-hydrogen) atoms. The van der Waals surface area contributed by atoms with Crippen molar-refractivity contribution in [1.82, 2.24) is 30.2 Å². The van der Waals surface area contributed by atoms with Crippen molar-refractivity contribution in [2.75, 3.05) is 0 Å². The first-order chi connectivity index (χ1) is 10.7. The van der Waals surface area contributed by atoms with E-state index in [0.717, 1.165) is 34.2 Å². The highest BCUT2D eigenvalue weighted by Crippen LogP contribution is 2.20. The highest BCUT2D eigenvalue weighted by molar-refractivity contribution is 5.74. The van der Waals surface area contributed by atoms with Crippen LogP contribution in [0.15, 0.2) is 36.7 Å². The minimum atomic E-state index is 0.267. The van der Waals surface area contributed by atoms with Crippen LogP contribution in [0.4, 0.5) is 0 Å². The number of benzene rings is 1. The van der Waals surface area contributed by atoms with Crippen molar-refractivity contribution in [2.24, 2.45) is 0 Å². The lowest BCUT2D eigenvalue weighted by atomic mass is 10.0. The van der Waals surface area contributed by atoms with Gasteiger partial charge in [-0.1, -0.05) is 13.0 Å². The van der Waals surface area contributed by atoms with Gasteiger partial charge in [-0.05, 0) is 36.2 Å². The van der Waals surface area contributed by atoms with Gasteiger partial charge in [0.2, 0.25) is 0 Å². The summed E-state index contributed by atoms with van der Waals surface area (Å²) >= 11 is 0. The van der Waals surface area contributed by atoms with Crippen LogP contribution in [0.25, 0.3) is 22.1 Å². The number of nitrogens with zero attached hydrogens (tertiary/aromatic N) is 5. The first kappa shape index (κ1) is 12.9. The number of aromatic amines is 1. The quantitative estimate of drug-likeness (QED) is 0.630. The lowest BCUT2D eigenvalue weighted by Crippen LogP contribution is -2.09. The van der Waals surface area contributed by atoms with E-state index in [-0.39, 0.29) is 5.92 Å². The predicted molar refractivity (Wildman–Crippen MR) is 84.6 cm³/mol. The molecule has 0 aliphatic heterocycles. The van der Waals surface area contributed by atoms with Gasteiger partial charge in [0.05, 0.1) is 18.3 Å². The van der Waals surface area contributed by atoms with E-state index >= 15 is 0 Å². The first-order valence-corrected chi connectivity index (χ1v) is 7.29. The molecule has 4 aromatic rings. The molecule has 0 saturated carbocycles. The zero-order chi connectivity index (χ0) is 15.1. The number of aryl methyl sites for hydroxylation is 1. The molecule has 4 rings (SSSR count). The Balaban J connectivity index is 1.62. The molecule has 3 aromatic heterocycles. The molecule has 3 heterocycles. The van der Waals surface area contributed by atoms with E-state index in [1.807, 2.05) is 12.3 Å². The molecule has 0 aliphatic carbocycles. The standard InChI is InChI=1S/C16H16N6/c1-10-3-4-13-15(5-10)21-22(20-13)9-11(2)12-6-14-16(17-7-12)8-18-19-14/h3-8,11H,9H2,1-2H3,(H,18,19). The van der Waals surface area contributed by atoms with Crippen molar-refractivity contribution in [2.45, 2.75) is 26.3 Å². The normalized spacial score (nSPS) is 13.0. The Hall–Kier alpha value is -2.76. The van der Waals surface area contributed by atoms with Gasteiger partial charge in [0.1, 0.15) is 16.6 Å². The predicted octanol–water partition coefficient (Wildman–Crippen LogP) is 2.81. The van der Waals surface area contributed by atoms with Crippen LogP contribution in [-0.4, -0.2) is 30.2 Å². The van der Waals surface area contributed by atoms with Crippen molar-refractivity contribution in [3.63, 3.8) is 0 Å². The maximum Gasteiger partial charge on any atom is 0.113 e. The van der Waals surface area contributed by atoms with Gasteiger partial charge in [0, 0.05) is 12.1 Å². The van der Waals surface area contributed by atoms with E-state index < -0.39 is 0 Å². The SMILES string of the molecule is Cc1ccc2nn(CC(C)c3cnc4cn[nH]c4c3)nc2c1. The summed E-state index contributed by atoms with van der Waals surface area (Å²) in [6.07, 6.45) is 3.63. The fraction of sp³-hybridized carbons (Fsp3) is 0.250. The third-order valence-corrected chi connectivity index (χ3v) is 3.89. The molecule has 0 fully saturated rings. The number of nitrogens with one attached hydrogen (secondary N) is 1. The summed E-state index contributed by atoms with van der Waals surface area (Å²) in [6.45, 7) is 4.93. The Morgan fingerprint density at radius 3 is 2.86 bits per heavy atom. The van der Waals surface area contributed by atoms with Crippen molar-refractivity contribution in [1.29, 1.82) is 0 Å².